The van der Waals surface area contributed by atoms with Crippen LogP contribution in [-0.4, -0.2) is 0 Å². The highest BCUT2D eigenvalue weighted by atomic mass is 14.3. The van der Waals surface area contributed by atoms with E-state index in [4.69, 9.17) is 0 Å². The topological polar surface area (TPSA) is 0 Å². The minimum atomic E-state index is 1.24. The molecule has 0 atom stereocenters. The van der Waals surface area contributed by atoms with Gasteiger partial charge in [0.1, 0.15) is 0 Å². The van der Waals surface area contributed by atoms with E-state index in [0.29, 0.717) is 0 Å². The summed E-state index contributed by atoms with van der Waals surface area (Å²) in [5.74, 6) is 0. The van der Waals surface area contributed by atoms with Crippen LogP contribution in [0.1, 0.15) is 38.8 Å². The van der Waals surface area contributed by atoms with Crippen molar-refractivity contribution in [1.82, 2.24) is 0 Å². The maximum atomic E-state index is 2.55. The van der Waals surface area contributed by atoms with Crippen molar-refractivity contribution >= 4 is 86.2 Å². The maximum Gasteiger partial charge on any atom is -0.000719 e. The Bertz CT molecular complexity index is 3870. The first-order valence-corrected chi connectivity index (χ1v) is 23.1. The van der Waals surface area contributed by atoms with Crippen LogP contribution in [0.4, 0.5) is 0 Å². The van der Waals surface area contributed by atoms with Gasteiger partial charge < -0.3 is 0 Å². The van der Waals surface area contributed by atoms with Gasteiger partial charge in [-0.1, -0.05) is 210 Å². The highest BCUT2D eigenvalue weighted by Gasteiger charge is 2.26. The van der Waals surface area contributed by atoms with Gasteiger partial charge in [0.2, 0.25) is 0 Å². The third kappa shape index (κ3) is 5.62. The molecule has 0 unspecified atom stereocenters. The van der Waals surface area contributed by atoms with E-state index >= 15 is 0 Å². The first-order valence-electron chi connectivity index (χ1n) is 23.1. The predicted octanol–water partition coefficient (Wildman–Crippen LogP) is 19.1. The summed E-state index contributed by atoms with van der Waals surface area (Å²) in [5, 5.41) is 21.1. The molecule has 0 nitrogen and oxygen atoms in total. The molecular formula is C64H50. The molecule has 0 bridgehead atoms. The molecule has 0 aliphatic carbocycles. The minimum absolute atomic E-state index is 1.24. The third-order valence-electron chi connectivity index (χ3n) is 13.6. The van der Waals surface area contributed by atoms with Crippen LogP contribution in [0.25, 0.3) is 131 Å². The first-order chi connectivity index (χ1) is 31.7. The van der Waals surface area contributed by atoms with E-state index in [2.05, 4.69) is 208 Å². The fourth-order valence-corrected chi connectivity index (χ4v) is 11.1. The molecule has 0 radical (unpaired) electrons. The lowest BCUT2D eigenvalue weighted by atomic mass is 9.86. The second-order valence-electron chi connectivity index (χ2n) is 16.7. The van der Waals surface area contributed by atoms with Gasteiger partial charge in [0.15, 0.2) is 0 Å². The van der Waals surface area contributed by atoms with Crippen LogP contribution >= 0.6 is 0 Å². The Balaban J connectivity index is 0.00000111. The van der Waals surface area contributed by atoms with E-state index in [1.807, 2.05) is 27.7 Å². The molecule has 0 heteroatoms. The van der Waals surface area contributed by atoms with Crippen molar-refractivity contribution in [2.45, 2.75) is 41.5 Å². The minimum Gasteiger partial charge on any atom is -0.0683 e. The number of aryl methyl sites for hydroxylation is 2. The van der Waals surface area contributed by atoms with Gasteiger partial charge in [-0.2, -0.15) is 0 Å². The molecule has 0 fully saturated rings. The van der Waals surface area contributed by atoms with E-state index in [0.717, 1.165) is 0 Å². The van der Waals surface area contributed by atoms with Crippen molar-refractivity contribution in [3.8, 4) is 44.5 Å². The van der Waals surface area contributed by atoms with Crippen LogP contribution in [-0.2, 0) is 0 Å². The number of benzene rings is 11. The highest BCUT2D eigenvalue weighted by molar-refractivity contribution is 6.45. The van der Waals surface area contributed by atoms with E-state index in [9.17, 15) is 0 Å². The second kappa shape index (κ2) is 15.7. The Hall–Kier alpha value is -7.54. The lowest BCUT2D eigenvalue weighted by molar-refractivity contribution is 1.46. The molecule has 0 saturated carbocycles. The van der Waals surface area contributed by atoms with Gasteiger partial charge in [-0.3, -0.25) is 0 Å². The smallest absolute Gasteiger partial charge is 0.000719 e. The molecule has 0 spiro atoms. The van der Waals surface area contributed by atoms with Gasteiger partial charge in [0, 0.05) is 0 Å². The van der Waals surface area contributed by atoms with Gasteiger partial charge >= 0.3 is 0 Å². The van der Waals surface area contributed by atoms with E-state index < -0.39 is 0 Å². The van der Waals surface area contributed by atoms with Crippen LogP contribution in [0.5, 0.6) is 0 Å². The van der Waals surface area contributed by atoms with Crippen LogP contribution in [0, 0.1) is 13.8 Å². The zero-order valence-electron chi connectivity index (χ0n) is 37.5. The largest absolute Gasteiger partial charge is 0.0683 e. The number of hydrogen-bond donors (Lipinski definition) is 0. The summed E-state index contributed by atoms with van der Waals surface area (Å²) in [5.41, 5.74) is 12.8. The summed E-state index contributed by atoms with van der Waals surface area (Å²) in [4.78, 5) is 0. The van der Waals surface area contributed by atoms with Crippen molar-refractivity contribution in [3.05, 3.63) is 205 Å². The number of fused-ring (bicyclic) bond motifs is 10. The summed E-state index contributed by atoms with van der Waals surface area (Å²) < 4.78 is 0. The molecule has 0 saturated heterocycles. The Labute approximate surface area is 375 Å². The SMILES string of the molecule is CC.CC.Cc1ccccc1-c1ccc(-c2ccccc2C)c2c3cc4c(cc5c6c(-c7ccccc7)c7ccccc7c(-c7ccccc7)c6c6cccc4c65)c4cccc(c12)c43. The van der Waals surface area contributed by atoms with Gasteiger partial charge in [0.25, 0.3) is 0 Å². The standard InChI is InChI=1S/C60H38.2C2H6/c1-35-17-9-11-23-39(35)45-31-32-46(40-24-12-10-18-36(40)2)58-51-33-49-44-28-16-30-48-56(44)52(34-50(49)43-27-15-29-47(55(43)51)57(45)58)60-54(38-21-7-4-8-22-38)42-26-14-13-25-41(42)53(59(48)60)37-19-5-3-6-20-37;2*1-2/h3-34H,1-2H3;2*1-2H3. The van der Waals surface area contributed by atoms with Crippen LogP contribution in [0.2, 0.25) is 0 Å². The van der Waals surface area contributed by atoms with Crippen molar-refractivity contribution in [2.75, 3.05) is 0 Å². The second-order valence-corrected chi connectivity index (χ2v) is 16.7. The molecule has 13 rings (SSSR count). The van der Waals surface area contributed by atoms with E-state index in [-0.39, 0.29) is 0 Å². The van der Waals surface area contributed by atoms with Crippen LogP contribution < -0.4 is 0 Å². The maximum absolute atomic E-state index is 2.55. The number of rotatable bonds is 4. The molecule has 0 heterocycles. The average Bonchev–Trinajstić information content (AvgIpc) is 3.87. The molecule has 0 N–H and O–H groups in total. The lowest BCUT2D eigenvalue weighted by Crippen LogP contribution is -1.89. The number of hydrogen-bond acceptors (Lipinski definition) is 0. The van der Waals surface area contributed by atoms with E-state index in [1.54, 1.807) is 0 Å². The molecular weight excluding hydrogens is 769 g/mol. The summed E-state index contributed by atoms with van der Waals surface area (Å²) in [7, 11) is 0. The first kappa shape index (κ1) is 39.3. The quantitative estimate of drug-likeness (QED) is 0.155. The summed E-state index contributed by atoms with van der Waals surface area (Å²) in [6.45, 7) is 12.5. The fourth-order valence-electron chi connectivity index (χ4n) is 11.1. The zero-order chi connectivity index (χ0) is 43.6. The molecule has 64 heavy (non-hydrogen) atoms. The summed E-state index contributed by atoms with van der Waals surface area (Å²) >= 11 is 0. The third-order valence-corrected chi connectivity index (χ3v) is 13.6. The Morgan fingerprint density at radius 3 is 1.03 bits per heavy atom. The lowest BCUT2D eigenvalue weighted by Gasteiger charge is -2.16. The Kier molecular flexibility index (Phi) is 9.63. The molecule has 0 aliphatic rings. The van der Waals surface area contributed by atoms with Gasteiger partial charge in [-0.25, -0.2) is 0 Å². The van der Waals surface area contributed by atoms with Crippen LogP contribution in [0.3, 0.4) is 0 Å². The molecule has 306 valence electrons. The summed E-state index contributed by atoms with van der Waals surface area (Å²) in [6.07, 6.45) is 0. The Morgan fingerprint density at radius 1 is 0.219 bits per heavy atom. The Morgan fingerprint density at radius 2 is 0.562 bits per heavy atom. The molecule has 0 amide bonds. The van der Waals surface area contributed by atoms with E-state index in [1.165, 1.54) is 142 Å². The van der Waals surface area contributed by atoms with Gasteiger partial charge in [0.05, 0.1) is 0 Å². The molecule has 13 aromatic carbocycles. The predicted molar refractivity (Wildman–Crippen MR) is 283 cm³/mol. The monoisotopic (exact) mass is 818 g/mol. The van der Waals surface area contributed by atoms with Crippen molar-refractivity contribution in [1.29, 1.82) is 0 Å². The zero-order valence-corrected chi connectivity index (χ0v) is 37.5. The molecule has 0 aliphatic heterocycles. The van der Waals surface area contributed by atoms with Crippen molar-refractivity contribution < 1.29 is 0 Å². The molecule has 13 aromatic rings. The van der Waals surface area contributed by atoms with Gasteiger partial charge in [-0.15, -0.1) is 0 Å². The summed E-state index contributed by atoms with van der Waals surface area (Å²) in [6, 6.07) is 72.9. The van der Waals surface area contributed by atoms with Crippen LogP contribution in [0.15, 0.2) is 194 Å². The van der Waals surface area contributed by atoms with Gasteiger partial charge in [-0.05, 0) is 168 Å². The highest BCUT2D eigenvalue weighted by Crippen LogP contribution is 2.55. The average molecular weight is 819 g/mol. The van der Waals surface area contributed by atoms with Crippen molar-refractivity contribution in [2.24, 2.45) is 0 Å². The normalized spacial score (nSPS) is 11.6. The fraction of sp³-hybridized carbons (Fsp3) is 0.0938. The molecule has 0 aromatic heterocycles. The van der Waals surface area contributed by atoms with Crippen molar-refractivity contribution in [3.63, 3.8) is 0 Å².